The van der Waals surface area contributed by atoms with Gasteiger partial charge in [-0.15, -0.1) is 0 Å². The van der Waals surface area contributed by atoms with Gasteiger partial charge < -0.3 is 10.4 Å². The van der Waals surface area contributed by atoms with Crippen molar-refractivity contribution >= 4 is 21.7 Å². The first-order chi connectivity index (χ1) is 7.88. The highest BCUT2D eigenvalue weighted by molar-refractivity contribution is 7.89. The van der Waals surface area contributed by atoms with Crippen LogP contribution in [0.5, 0.6) is 0 Å². The second-order valence-electron chi connectivity index (χ2n) is 3.98. The van der Waals surface area contributed by atoms with Gasteiger partial charge in [0.25, 0.3) is 0 Å². The van der Waals surface area contributed by atoms with Crippen molar-refractivity contribution in [2.24, 2.45) is 5.14 Å². The molecule has 0 spiro atoms. The molecule has 2 rings (SSSR count). The maximum atomic E-state index is 11.1. The second kappa shape index (κ2) is 4.01. The van der Waals surface area contributed by atoms with E-state index in [0.29, 0.717) is 5.69 Å². The predicted molar refractivity (Wildman–Crippen MR) is 61.4 cm³/mol. The number of nitrogens with two attached hydrogens (primary N) is 1. The highest BCUT2D eigenvalue weighted by Crippen LogP contribution is 2.28. The van der Waals surface area contributed by atoms with E-state index in [4.69, 9.17) is 10.2 Å². The average molecular weight is 256 g/mol. The Morgan fingerprint density at radius 2 is 2.06 bits per heavy atom. The third-order valence-corrected chi connectivity index (χ3v) is 3.40. The van der Waals surface area contributed by atoms with Crippen molar-refractivity contribution in [1.29, 1.82) is 0 Å². The minimum absolute atomic E-state index is 0.0802. The molecule has 6 nitrogen and oxygen atoms in total. The molecule has 0 aromatic heterocycles. The largest absolute Gasteiger partial charge is 0.478 e. The van der Waals surface area contributed by atoms with Crippen molar-refractivity contribution in [3.63, 3.8) is 0 Å². The number of hydrogen-bond donors (Lipinski definition) is 3. The van der Waals surface area contributed by atoms with Crippen LogP contribution in [0.15, 0.2) is 23.1 Å². The molecule has 0 heterocycles. The summed E-state index contributed by atoms with van der Waals surface area (Å²) < 4.78 is 22.2. The number of hydrogen-bond acceptors (Lipinski definition) is 4. The third-order valence-electron chi connectivity index (χ3n) is 2.49. The van der Waals surface area contributed by atoms with E-state index in [1.54, 1.807) is 0 Å². The van der Waals surface area contributed by atoms with Crippen LogP contribution in [0.4, 0.5) is 5.69 Å². The first-order valence-corrected chi connectivity index (χ1v) is 6.59. The fourth-order valence-corrected chi connectivity index (χ4v) is 1.99. The number of primary sulfonamides is 1. The van der Waals surface area contributed by atoms with Crippen LogP contribution in [0.1, 0.15) is 23.2 Å². The number of rotatable bonds is 4. The fourth-order valence-electron chi connectivity index (χ4n) is 1.45. The van der Waals surface area contributed by atoms with E-state index < -0.39 is 16.0 Å². The zero-order chi connectivity index (χ0) is 12.6. The number of carbonyl (C=O) groups is 1. The molecule has 1 fully saturated rings. The summed E-state index contributed by atoms with van der Waals surface area (Å²) in [7, 11) is -3.88. The average Bonchev–Trinajstić information content (AvgIpc) is 3.00. The van der Waals surface area contributed by atoms with Crippen LogP contribution < -0.4 is 10.5 Å². The predicted octanol–water partition coefficient (Wildman–Crippen LogP) is 0.607. The van der Waals surface area contributed by atoms with Crippen LogP contribution >= 0.6 is 0 Å². The standard InChI is InChI=1S/C10H12N2O4S/c11-17(15,16)7-3-4-9(12-6-1-2-6)8(5-7)10(13)14/h3-6,12H,1-2H2,(H,13,14)(H2,11,15,16). The Morgan fingerprint density at radius 3 is 2.53 bits per heavy atom. The Hall–Kier alpha value is -1.60. The van der Waals surface area contributed by atoms with E-state index in [9.17, 15) is 13.2 Å². The molecule has 7 heteroatoms. The minimum atomic E-state index is -3.88. The Morgan fingerprint density at radius 1 is 1.41 bits per heavy atom. The Kier molecular flexibility index (Phi) is 2.80. The van der Waals surface area contributed by atoms with Gasteiger partial charge in [0.1, 0.15) is 0 Å². The number of nitrogens with one attached hydrogen (secondary N) is 1. The maximum absolute atomic E-state index is 11.1. The SMILES string of the molecule is NS(=O)(=O)c1ccc(NC2CC2)c(C(=O)O)c1. The summed E-state index contributed by atoms with van der Waals surface area (Å²) in [6, 6.07) is 4.09. The molecule has 1 aliphatic carbocycles. The minimum Gasteiger partial charge on any atom is -0.478 e. The van der Waals surface area contributed by atoms with Crippen molar-refractivity contribution in [2.45, 2.75) is 23.8 Å². The van der Waals surface area contributed by atoms with E-state index in [1.807, 2.05) is 0 Å². The topological polar surface area (TPSA) is 109 Å². The number of carboxylic acids is 1. The van der Waals surface area contributed by atoms with Crippen LogP contribution in [0.3, 0.4) is 0 Å². The number of sulfonamides is 1. The van der Waals surface area contributed by atoms with Crippen molar-refractivity contribution < 1.29 is 18.3 Å². The molecule has 0 atom stereocenters. The van der Waals surface area contributed by atoms with Gasteiger partial charge in [-0.1, -0.05) is 0 Å². The molecule has 92 valence electrons. The molecule has 1 aromatic carbocycles. The lowest BCUT2D eigenvalue weighted by atomic mass is 10.2. The Bertz CT molecular complexity index is 564. The Balaban J connectivity index is 2.43. The van der Waals surface area contributed by atoms with Crippen molar-refractivity contribution in [3.8, 4) is 0 Å². The quantitative estimate of drug-likeness (QED) is 0.731. The lowest BCUT2D eigenvalue weighted by molar-refractivity contribution is 0.0697. The molecule has 0 bridgehead atoms. The van der Waals surface area contributed by atoms with Gasteiger partial charge in [0, 0.05) is 11.7 Å². The smallest absolute Gasteiger partial charge is 0.337 e. The summed E-state index contributed by atoms with van der Waals surface area (Å²) in [4.78, 5) is 10.8. The molecule has 0 saturated heterocycles. The normalized spacial score (nSPS) is 15.6. The molecule has 1 saturated carbocycles. The van der Waals surface area contributed by atoms with E-state index >= 15 is 0 Å². The number of anilines is 1. The molecule has 0 unspecified atom stereocenters. The maximum Gasteiger partial charge on any atom is 0.337 e. The zero-order valence-corrected chi connectivity index (χ0v) is 9.70. The molecule has 1 aliphatic rings. The lowest BCUT2D eigenvalue weighted by Crippen LogP contribution is -2.14. The van der Waals surface area contributed by atoms with Crippen LogP contribution in [-0.2, 0) is 10.0 Å². The number of aromatic carboxylic acids is 1. The monoisotopic (exact) mass is 256 g/mol. The molecule has 0 radical (unpaired) electrons. The molecule has 1 aromatic rings. The van der Waals surface area contributed by atoms with Crippen LogP contribution in [0, 0.1) is 0 Å². The summed E-state index contributed by atoms with van der Waals surface area (Å²) in [6.07, 6.45) is 1.99. The molecule has 17 heavy (non-hydrogen) atoms. The van der Waals surface area contributed by atoms with Crippen molar-refractivity contribution in [2.75, 3.05) is 5.32 Å². The fraction of sp³-hybridized carbons (Fsp3) is 0.300. The van der Waals surface area contributed by atoms with Crippen LogP contribution in [0.25, 0.3) is 0 Å². The van der Waals surface area contributed by atoms with Crippen molar-refractivity contribution in [3.05, 3.63) is 23.8 Å². The van der Waals surface area contributed by atoms with E-state index in [1.165, 1.54) is 12.1 Å². The van der Waals surface area contributed by atoms with Gasteiger partial charge in [-0.2, -0.15) is 0 Å². The van der Waals surface area contributed by atoms with Crippen LogP contribution in [0.2, 0.25) is 0 Å². The lowest BCUT2D eigenvalue weighted by Gasteiger charge is -2.09. The Labute approximate surface area is 98.5 Å². The van der Waals surface area contributed by atoms with Gasteiger partial charge >= 0.3 is 5.97 Å². The van der Waals surface area contributed by atoms with Gasteiger partial charge in [-0.05, 0) is 31.0 Å². The highest BCUT2D eigenvalue weighted by Gasteiger charge is 2.24. The van der Waals surface area contributed by atoms with Gasteiger partial charge in [0.05, 0.1) is 10.5 Å². The van der Waals surface area contributed by atoms with Crippen molar-refractivity contribution in [1.82, 2.24) is 0 Å². The van der Waals surface area contributed by atoms with E-state index in [-0.39, 0.29) is 16.5 Å². The number of benzene rings is 1. The number of carboxylic acid groups (broad SMARTS) is 1. The highest BCUT2D eigenvalue weighted by atomic mass is 32.2. The first-order valence-electron chi connectivity index (χ1n) is 5.04. The van der Waals surface area contributed by atoms with Gasteiger partial charge in [0.15, 0.2) is 0 Å². The summed E-state index contributed by atoms with van der Waals surface area (Å²) in [6.45, 7) is 0. The molecule has 0 aliphatic heterocycles. The summed E-state index contributed by atoms with van der Waals surface area (Å²) in [5.41, 5.74) is 0.343. The van der Waals surface area contributed by atoms with E-state index in [2.05, 4.69) is 5.32 Å². The van der Waals surface area contributed by atoms with Gasteiger partial charge in [-0.25, -0.2) is 18.4 Å². The van der Waals surface area contributed by atoms with Gasteiger partial charge in [0.2, 0.25) is 10.0 Å². The first kappa shape index (κ1) is 11.9. The summed E-state index contributed by atoms with van der Waals surface area (Å²) in [5.74, 6) is -1.18. The molecule has 4 N–H and O–H groups in total. The summed E-state index contributed by atoms with van der Waals surface area (Å²) >= 11 is 0. The zero-order valence-electron chi connectivity index (χ0n) is 8.88. The summed E-state index contributed by atoms with van der Waals surface area (Å²) in [5, 5.41) is 17.0. The van der Waals surface area contributed by atoms with Crippen LogP contribution in [-0.4, -0.2) is 25.5 Å². The second-order valence-corrected chi connectivity index (χ2v) is 5.54. The molecule has 0 amide bonds. The third kappa shape index (κ3) is 2.75. The molecular weight excluding hydrogens is 244 g/mol. The van der Waals surface area contributed by atoms with E-state index in [0.717, 1.165) is 18.9 Å². The molecular formula is C10H12N2O4S. The van der Waals surface area contributed by atoms with Gasteiger partial charge in [-0.3, -0.25) is 0 Å².